The lowest BCUT2D eigenvalue weighted by Gasteiger charge is -2.09. The van der Waals surface area contributed by atoms with Crippen LogP contribution in [0, 0.1) is 35.3 Å². The number of hydrogen-bond donors (Lipinski definition) is 0. The van der Waals surface area contributed by atoms with Crippen molar-refractivity contribution in [2.45, 2.75) is 20.4 Å². The van der Waals surface area contributed by atoms with E-state index in [0.29, 0.717) is 29.1 Å². The topological polar surface area (TPSA) is 84.8 Å². The fourth-order valence-corrected chi connectivity index (χ4v) is 2.02. The third-order valence-corrected chi connectivity index (χ3v) is 3.02. The number of aromatic nitrogens is 2. The summed E-state index contributed by atoms with van der Waals surface area (Å²) in [7, 11) is 0. The molecule has 2 rings (SSSR count). The number of pyridine rings is 1. The van der Waals surface area contributed by atoms with Crippen LogP contribution in [-0.2, 0) is 6.54 Å². The Morgan fingerprint density at radius 3 is 2.89 bits per heavy atom. The third kappa shape index (κ3) is 2.31. The van der Waals surface area contributed by atoms with Gasteiger partial charge in [0.05, 0.1) is 22.7 Å². The Hall–Kier alpha value is -2.68. The molecule has 0 N–H and O–H groups in total. The molecule has 0 radical (unpaired) electrons. The zero-order chi connectivity index (χ0) is 14.0. The Bertz CT molecular complexity index is 682. The van der Waals surface area contributed by atoms with Crippen LogP contribution in [-0.4, -0.2) is 14.5 Å². The first-order valence-corrected chi connectivity index (χ1v) is 5.69. The summed E-state index contributed by atoms with van der Waals surface area (Å²) in [6, 6.07) is 5.52. The van der Waals surface area contributed by atoms with Crippen molar-refractivity contribution in [1.82, 2.24) is 9.55 Å². The van der Waals surface area contributed by atoms with Gasteiger partial charge in [0.15, 0.2) is 0 Å². The fourth-order valence-electron chi connectivity index (χ4n) is 2.02. The number of rotatable bonds is 3. The predicted molar refractivity (Wildman–Crippen MR) is 68.6 cm³/mol. The van der Waals surface area contributed by atoms with E-state index < -0.39 is 4.92 Å². The van der Waals surface area contributed by atoms with Crippen molar-refractivity contribution >= 4 is 5.69 Å². The first-order chi connectivity index (χ1) is 9.04. The van der Waals surface area contributed by atoms with Crippen molar-refractivity contribution in [2.75, 3.05) is 0 Å². The Labute approximate surface area is 110 Å². The highest BCUT2D eigenvalue weighted by atomic mass is 16.6. The highest BCUT2D eigenvalue weighted by Gasteiger charge is 2.19. The molecule has 19 heavy (non-hydrogen) atoms. The summed E-state index contributed by atoms with van der Waals surface area (Å²) in [6.07, 6.45) is 3.25. The van der Waals surface area contributed by atoms with Crippen LogP contribution in [0.15, 0.2) is 24.5 Å². The van der Waals surface area contributed by atoms with Crippen LogP contribution in [0.5, 0.6) is 0 Å². The molecule has 0 saturated carbocycles. The van der Waals surface area contributed by atoms with Crippen LogP contribution >= 0.6 is 0 Å². The van der Waals surface area contributed by atoms with Gasteiger partial charge >= 0.3 is 0 Å². The molecule has 6 heteroatoms. The van der Waals surface area contributed by atoms with Gasteiger partial charge in [-0.15, -0.1) is 0 Å². The summed E-state index contributed by atoms with van der Waals surface area (Å²) < 4.78 is 1.72. The molecule has 0 spiro atoms. The van der Waals surface area contributed by atoms with Crippen LogP contribution in [0.4, 0.5) is 5.69 Å². The van der Waals surface area contributed by atoms with Gasteiger partial charge in [-0.3, -0.25) is 15.1 Å². The summed E-state index contributed by atoms with van der Waals surface area (Å²) in [5.41, 5.74) is 2.28. The van der Waals surface area contributed by atoms with Crippen molar-refractivity contribution in [2.24, 2.45) is 0 Å². The highest BCUT2D eigenvalue weighted by Crippen LogP contribution is 2.24. The molecular weight excluding hydrogens is 244 g/mol. The van der Waals surface area contributed by atoms with E-state index >= 15 is 0 Å². The number of nitriles is 1. The van der Waals surface area contributed by atoms with Gasteiger partial charge in [-0.25, -0.2) is 0 Å². The van der Waals surface area contributed by atoms with Crippen LogP contribution in [0.25, 0.3) is 0 Å². The van der Waals surface area contributed by atoms with E-state index in [2.05, 4.69) is 11.1 Å². The van der Waals surface area contributed by atoms with Gasteiger partial charge < -0.3 is 4.57 Å². The number of nitro groups is 1. The molecule has 6 nitrogen and oxygen atoms in total. The van der Waals surface area contributed by atoms with Crippen LogP contribution in [0.3, 0.4) is 0 Å². The maximum atomic E-state index is 11.0. The fraction of sp³-hybridized carbons (Fsp3) is 0.231. The second-order valence-electron chi connectivity index (χ2n) is 4.25. The molecule has 0 saturated heterocycles. The van der Waals surface area contributed by atoms with E-state index in [1.807, 2.05) is 0 Å². The molecule has 0 aliphatic rings. The SMILES string of the molecule is Cc1cnc(Cn2cccc2C#N)c(C)c1[N+](=O)[O-]. The summed E-state index contributed by atoms with van der Waals surface area (Å²) in [4.78, 5) is 14.9. The Morgan fingerprint density at radius 1 is 1.53 bits per heavy atom. The molecule has 2 aromatic rings. The Morgan fingerprint density at radius 2 is 2.26 bits per heavy atom. The summed E-state index contributed by atoms with van der Waals surface area (Å²) in [5, 5.41) is 20.0. The molecule has 0 bridgehead atoms. The zero-order valence-corrected chi connectivity index (χ0v) is 10.6. The predicted octanol–water partition coefficient (Wildman–Crippen LogP) is 2.33. The molecular formula is C13H12N4O2. The molecule has 96 valence electrons. The molecule has 0 aromatic carbocycles. The average Bonchev–Trinajstić information content (AvgIpc) is 2.79. The molecule has 0 aliphatic carbocycles. The minimum absolute atomic E-state index is 0.0932. The molecule has 0 unspecified atom stereocenters. The van der Waals surface area contributed by atoms with Gasteiger partial charge in [0.25, 0.3) is 5.69 Å². The van der Waals surface area contributed by atoms with Crippen LogP contribution in [0.2, 0.25) is 0 Å². The minimum Gasteiger partial charge on any atom is -0.333 e. The molecule has 0 atom stereocenters. The normalized spacial score (nSPS) is 10.2. The summed E-state index contributed by atoms with van der Waals surface area (Å²) >= 11 is 0. The second kappa shape index (κ2) is 4.90. The first-order valence-electron chi connectivity index (χ1n) is 5.69. The van der Waals surface area contributed by atoms with E-state index in [-0.39, 0.29) is 5.69 Å². The smallest absolute Gasteiger partial charge is 0.278 e. The number of hydrogen-bond acceptors (Lipinski definition) is 4. The summed E-state index contributed by atoms with van der Waals surface area (Å²) in [6.45, 7) is 3.70. The van der Waals surface area contributed by atoms with Crippen molar-refractivity contribution in [3.63, 3.8) is 0 Å². The van der Waals surface area contributed by atoms with E-state index in [4.69, 9.17) is 5.26 Å². The second-order valence-corrected chi connectivity index (χ2v) is 4.25. The van der Waals surface area contributed by atoms with E-state index in [9.17, 15) is 10.1 Å². The number of nitrogens with zero attached hydrogens (tertiary/aromatic N) is 4. The van der Waals surface area contributed by atoms with Crippen molar-refractivity contribution < 1.29 is 4.92 Å². The number of aryl methyl sites for hydroxylation is 1. The first kappa shape index (κ1) is 12.8. The average molecular weight is 256 g/mol. The molecule has 0 fully saturated rings. The lowest BCUT2D eigenvalue weighted by atomic mass is 10.1. The standard InChI is InChI=1S/C13H12N4O2/c1-9-7-15-12(10(2)13(9)17(18)19)8-16-5-3-4-11(16)6-14/h3-5,7H,8H2,1-2H3. The third-order valence-electron chi connectivity index (χ3n) is 3.02. The van der Waals surface area contributed by atoms with Gasteiger partial charge in [-0.1, -0.05) is 0 Å². The van der Waals surface area contributed by atoms with Crippen molar-refractivity contribution in [3.8, 4) is 6.07 Å². The van der Waals surface area contributed by atoms with Gasteiger partial charge in [0.2, 0.25) is 0 Å². The maximum absolute atomic E-state index is 11.0. The molecule has 0 amide bonds. The van der Waals surface area contributed by atoms with Gasteiger partial charge in [-0.2, -0.15) is 5.26 Å². The molecule has 2 aromatic heterocycles. The monoisotopic (exact) mass is 256 g/mol. The molecule has 2 heterocycles. The van der Waals surface area contributed by atoms with Crippen molar-refractivity contribution in [3.05, 3.63) is 57.2 Å². The van der Waals surface area contributed by atoms with E-state index in [1.54, 1.807) is 36.7 Å². The molecule has 0 aliphatic heterocycles. The van der Waals surface area contributed by atoms with Gasteiger partial charge in [-0.05, 0) is 26.0 Å². The zero-order valence-electron chi connectivity index (χ0n) is 10.6. The van der Waals surface area contributed by atoms with Gasteiger partial charge in [0, 0.05) is 18.0 Å². The lowest BCUT2D eigenvalue weighted by molar-refractivity contribution is -0.386. The quantitative estimate of drug-likeness (QED) is 0.623. The van der Waals surface area contributed by atoms with E-state index in [0.717, 1.165) is 0 Å². The van der Waals surface area contributed by atoms with Crippen LogP contribution in [0.1, 0.15) is 22.5 Å². The largest absolute Gasteiger partial charge is 0.333 e. The minimum atomic E-state index is -0.392. The Balaban J connectivity index is 2.45. The summed E-state index contributed by atoms with van der Waals surface area (Å²) in [5.74, 6) is 0. The van der Waals surface area contributed by atoms with Crippen molar-refractivity contribution in [1.29, 1.82) is 5.26 Å². The van der Waals surface area contributed by atoms with Crippen LogP contribution < -0.4 is 0 Å². The highest BCUT2D eigenvalue weighted by molar-refractivity contribution is 5.47. The van der Waals surface area contributed by atoms with E-state index in [1.165, 1.54) is 6.20 Å². The lowest BCUT2D eigenvalue weighted by Crippen LogP contribution is -2.07. The van der Waals surface area contributed by atoms with Gasteiger partial charge in [0.1, 0.15) is 11.8 Å². The Kier molecular flexibility index (Phi) is 3.29. The maximum Gasteiger partial charge on any atom is 0.278 e.